The Bertz CT molecular complexity index is 484. The minimum absolute atomic E-state index is 0. The first-order valence-corrected chi connectivity index (χ1v) is 16.0. The van der Waals surface area contributed by atoms with Crippen LogP contribution in [-0.2, 0) is 0 Å². The van der Waals surface area contributed by atoms with Crippen LogP contribution in [0.25, 0.3) is 0 Å². The lowest BCUT2D eigenvalue weighted by Crippen LogP contribution is -2.08. The van der Waals surface area contributed by atoms with E-state index >= 15 is 0 Å². The van der Waals surface area contributed by atoms with Gasteiger partial charge in [-0.05, 0) is 99.7 Å². The smallest absolute Gasteiger partial charge is 0.0205 e. The maximum absolute atomic E-state index is 2.41. The van der Waals surface area contributed by atoms with Crippen molar-refractivity contribution in [2.75, 3.05) is 0 Å². The lowest BCUT2D eigenvalue weighted by Gasteiger charge is -2.17. The Morgan fingerprint density at radius 3 is 1.11 bits per heavy atom. The van der Waals surface area contributed by atoms with Crippen molar-refractivity contribution in [1.29, 1.82) is 0 Å². The number of hydrogen-bond acceptors (Lipinski definition) is 0. The molecule has 0 radical (unpaired) electrons. The van der Waals surface area contributed by atoms with Gasteiger partial charge in [0.05, 0.1) is 0 Å². The molecule has 0 heteroatoms. The second-order valence-corrected chi connectivity index (χ2v) is 12.7. The molecule has 38 heavy (non-hydrogen) atoms. The molecular weight excluding hydrogens is 456 g/mol. The fourth-order valence-electron chi connectivity index (χ4n) is 4.99. The number of hydrogen-bond donors (Lipinski definition) is 0. The predicted octanol–water partition coefficient (Wildman–Crippen LogP) is 14.0. The molecule has 2 aliphatic rings. The van der Waals surface area contributed by atoms with E-state index in [0.29, 0.717) is 0 Å². The fraction of sp³-hybridized carbons (Fsp3) is 0.842. The van der Waals surface area contributed by atoms with Crippen LogP contribution in [0.15, 0.2) is 36.5 Å². The largest absolute Gasteiger partial charge is 0.0917 e. The molecule has 2 rings (SSSR count). The SMILES string of the molecule is C.C.C/C=C/CCCC.CC(C)C1C=CC(C(C)C)C1.CC(C)C1CCC(C(C)C)C1.CC=CCCCC. The van der Waals surface area contributed by atoms with Crippen LogP contribution in [0.1, 0.15) is 162 Å². The monoisotopic (exact) mass is 535 g/mol. The van der Waals surface area contributed by atoms with Crippen LogP contribution in [0.2, 0.25) is 0 Å². The molecule has 0 bridgehead atoms. The van der Waals surface area contributed by atoms with Crippen molar-refractivity contribution in [2.45, 2.75) is 162 Å². The van der Waals surface area contributed by atoms with E-state index in [-0.39, 0.29) is 14.9 Å². The van der Waals surface area contributed by atoms with E-state index in [1.807, 2.05) is 0 Å². The molecule has 4 atom stereocenters. The van der Waals surface area contributed by atoms with Crippen LogP contribution >= 0.6 is 0 Å². The zero-order chi connectivity index (χ0) is 27.9. The number of unbranched alkanes of at least 4 members (excludes halogenated alkanes) is 4. The highest BCUT2D eigenvalue weighted by molar-refractivity contribution is 5.03. The molecule has 0 spiro atoms. The van der Waals surface area contributed by atoms with E-state index in [1.54, 1.807) is 0 Å². The summed E-state index contributed by atoms with van der Waals surface area (Å²) in [6.07, 6.45) is 27.1. The molecule has 0 N–H and O–H groups in total. The molecule has 0 aromatic carbocycles. The van der Waals surface area contributed by atoms with Gasteiger partial charge in [-0.2, -0.15) is 0 Å². The molecular formula is C38H78. The van der Waals surface area contributed by atoms with Gasteiger partial charge >= 0.3 is 0 Å². The summed E-state index contributed by atoms with van der Waals surface area (Å²) >= 11 is 0. The van der Waals surface area contributed by atoms with Crippen molar-refractivity contribution in [3.63, 3.8) is 0 Å². The van der Waals surface area contributed by atoms with E-state index < -0.39 is 0 Å². The summed E-state index contributed by atoms with van der Waals surface area (Å²) in [6, 6.07) is 0. The van der Waals surface area contributed by atoms with Gasteiger partial charge < -0.3 is 0 Å². The topological polar surface area (TPSA) is 0 Å². The van der Waals surface area contributed by atoms with Gasteiger partial charge in [0.1, 0.15) is 0 Å². The Morgan fingerprint density at radius 2 is 0.921 bits per heavy atom. The quantitative estimate of drug-likeness (QED) is 0.193. The average molecular weight is 535 g/mol. The maximum Gasteiger partial charge on any atom is -0.0205 e. The van der Waals surface area contributed by atoms with Crippen LogP contribution in [0.3, 0.4) is 0 Å². The first-order chi connectivity index (χ1) is 17.0. The zero-order valence-corrected chi connectivity index (χ0v) is 27.2. The highest BCUT2D eigenvalue weighted by Gasteiger charge is 2.28. The lowest BCUT2D eigenvalue weighted by atomic mass is 9.88. The van der Waals surface area contributed by atoms with Gasteiger partial charge in [0, 0.05) is 0 Å². The Kier molecular flexibility index (Phi) is 34.0. The highest BCUT2D eigenvalue weighted by Crippen LogP contribution is 2.39. The van der Waals surface area contributed by atoms with Gasteiger partial charge in [-0.15, -0.1) is 0 Å². The first-order valence-electron chi connectivity index (χ1n) is 16.0. The van der Waals surface area contributed by atoms with Crippen LogP contribution < -0.4 is 0 Å². The maximum atomic E-state index is 2.41. The molecule has 0 aromatic rings. The summed E-state index contributed by atoms with van der Waals surface area (Å²) in [5, 5.41) is 0. The van der Waals surface area contributed by atoms with Crippen LogP contribution in [-0.4, -0.2) is 0 Å². The molecule has 0 nitrogen and oxygen atoms in total. The molecule has 230 valence electrons. The Balaban J connectivity index is -0.000000204. The van der Waals surface area contributed by atoms with Crippen molar-refractivity contribution >= 4 is 0 Å². The first kappa shape index (κ1) is 44.2. The van der Waals surface area contributed by atoms with Crippen LogP contribution in [0.4, 0.5) is 0 Å². The standard InChI is InChI=1S/C11H22.C11H20.2C7H14.2CH4/c2*1-8(2)10-5-6-11(7-10)9(3)4;2*1-3-5-7-6-4-2;;/h8-11H,5-7H2,1-4H3;5-6,8-11H,7H2,1-4H3;2*3,5H,4,6-7H2,1-2H3;2*1H4/b;;5-3+;;;. The molecule has 2 aliphatic carbocycles. The van der Waals surface area contributed by atoms with Gasteiger partial charge in [-0.3, -0.25) is 0 Å². The Labute approximate surface area is 245 Å². The normalized spacial score (nSPS) is 22.1. The third-order valence-corrected chi connectivity index (χ3v) is 8.18. The van der Waals surface area contributed by atoms with Gasteiger partial charge in [0.2, 0.25) is 0 Å². The summed E-state index contributed by atoms with van der Waals surface area (Å²) in [6.45, 7) is 27.3. The van der Waals surface area contributed by atoms with Crippen molar-refractivity contribution in [3.8, 4) is 0 Å². The van der Waals surface area contributed by atoms with E-state index in [4.69, 9.17) is 0 Å². The van der Waals surface area contributed by atoms with Gasteiger partial charge in [-0.1, -0.05) is 146 Å². The summed E-state index contributed by atoms with van der Waals surface area (Å²) in [5.41, 5.74) is 0. The van der Waals surface area contributed by atoms with Gasteiger partial charge in [0.25, 0.3) is 0 Å². The van der Waals surface area contributed by atoms with Crippen LogP contribution in [0, 0.1) is 47.3 Å². The summed E-state index contributed by atoms with van der Waals surface area (Å²) < 4.78 is 0. The number of allylic oxidation sites excluding steroid dienone is 6. The molecule has 1 fully saturated rings. The Hall–Kier alpha value is -0.780. The predicted molar refractivity (Wildman–Crippen MR) is 183 cm³/mol. The lowest BCUT2D eigenvalue weighted by molar-refractivity contribution is 0.340. The summed E-state index contributed by atoms with van der Waals surface area (Å²) in [5.74, 6) is 7.25. The molecule has 1 saturated carbocycles. The third kappa shape index (κ3) is 24.3. The van der Waals surface area contributed by atoms with Gasteiger partial charge in [0.15, 0.2) is 0 Å². The molecule has 0 amide bonds. The molecule has 0 heterocycles. The molecule has 0 saturated heterocycles. The van der Waals surface area contributed by atoms with Crippen molar-refractivity contribution in [2.24, 2.45) is 47.3 Å². The van der Waals surface area contributed by atoms with Crippen molar-refractivity contribution in [1.82, 2.24) is 0 Å². The average Bonchev–Trinajstić information content (AvgIpc) is 3.52. The number of rotatable bonds is 10. The molecule has 0 aromatic heterocycles. The zero-order valence-electron chi connectivity index (χ0n) is 27.2. The van der Waals surface area contributed by atoms with Gasteiger partial charge in [-0.25, -0.2) is 0 Å². The minimum atomic E-state index is 0. The third-order valence-electron chi connectivity index (χ3n) is 8.18. The van der Waals surface area contributed by atoms with E-state index in [1.165, 1.54) is 64.2 Å². The van der Waals surface area contributed by atoms with Crippen molar-refractivity contribution in [3.05, 3.63) is 36.5 Å². The van der Waals surface area contributed by atoms with Crippen LogP contribution in [0.5, 0.6) is 0 Å². The molecule has 0 aliphatic heterocycles. The summed E-state index contributed by atoms with van der Waals surface area (Å²) in [7, 11) is 0. The Morgan fingerprint density at radius 1 is 0.579 bits per heavy atom. The molecule has 4 unspecified atom stereocenters. The fourth-order valence-corrected chi connectivity index (χ4v) is 4.99. The van der Waals surface area contributed by atoms with Crippen molar-refractivity contribution < 1.29 is 0 Å². The minimum Gasteiger partial charge on any atom is -0.0917 e. The second-order valence-electron chi connectivity index (χ2n) is 12.7. The van der Waals surface area contributed by atoms with E-state index in [9.17, 15) is 0 Å². The van der Waals surface area contributed by atoms with E-state index in [2.05, 4.69) is 120 Å². The summed E-state index contributed by atoms with van der Waals surface area (Å²) in [4.78, 5) is 0. The highest BCUT2D eigenvalue weighted by atomic mass is 14.3. The second kappa shape index (κ2) is 29.2. The van der Waals surface area contributed by atoms with E-state index in [0.717, 1.165) is 47.3 Å².